The molecule has 0 aliphatic heterocycles. The zero-order chi connectivity index (χ0) is 14.1. The molecule has 5 nitrogen and oxygen atoms in total. The molecule has 1 heterocycles. The van der Waals surface area contributed by atoms with E-state index in [1.54, 1.807) is 0 Å². The molecule has 0 saturated carbocycles. The number of alkyl halides is 5. The SMILES string of the molecule is COc1cc([N+](=O)[O-])c(C(F)(F)F)c(C(F)F)n1. The largest absolute Gasteiger partial charge is 0.481 e. The topological polar surface area (TPSA) is 65.3 Å². The van der Waals surface area contributed by atoms with E-state index in [0.717, 1.165) is 7.11 Å². The number of aromatic nitrogens is 1. The predicted molar refractivity (Wildman–Crippen MR) is 47.4 cm³/mol. The van der Waals surface area contributed by atoms with Crippen LogP contribution < -0.4 is 4.74 Å². The van der Waals surface area contributed by atoms with E-state index in [2.05, 4.69) is 9.72 Å². The van der Waals surface area contributed by atoms with Crippen molar-refractivity contribution in [3.63, 3.8) is 0 Å². The lowest BCUT2D eigenvalue weighted by Crippen LogP contribution is -2.15. The van der Waals surface area contributed by atoms with Crippen molar-refractivity contribution in [2.24, 2.45) is 0 Å². The fourth-order valence-electron chi connectivity index (χ4n) is 1.22. The fraction of sp³-hybridized carbons (Fsp3) is 0.375. The van der Waals surface area contributed by atoms with E-state index in [-0.39, 0.29) is 0 Å². The molecule has 0 saturated heterocycles. The Hall–Kier alpha value is -2.00. The molecule has 10 heteroatoms. The number of rotatable bonds is 3. The minimum Gasteiger partial charge on any atom is -0.481 e. The Kier molecular flexibility index (Phi) is 3.67. The van der Waals surface area contributed by atoms with Crippen LogP contribution in [0.15, 0.2) is 6.07 Å². The van der Waals surface area contributed by atoms with Crippen LogP contribution in [0.5, 0.6) is 5.88 Å². The van der Waals surface area contributed by atoms with Crippen molar-refractivity contribution in [2.75, 3.05) is 7.11 Å². The molecule has 0 bridgehead atoms. The van der Waals surface area contributed by atoms with Gasteiger partial charge in [-0.15, -0.1) is 0 Å². The highest BCUT2D eigenvalue weighted by Gasteiger charge is 2.44. The Bertz CT molecular complexity index is 475. The average molecular weight is 272 g/mol. The zero-order valence-electron chi connectivity index (χ0n) is 8.66. The minimum absolute atomic E-state index is 0.342. The van der Waals surface area contributed by atoms with Gasteiger partial charge in [0.25, 0.3) is 12.1 Å². The second kappa shape index (κ2) is 4.70. The van der Waals surface area contributed by atoms with E-state index < -0.39 is 40.3 Å². The Morgan fingerprint density at radius 1 is 1.44 bits per heavy atom. The second-order valence-corrected chi connectivity index (χ2v) is 3.00. The number of hydrogen-bond acceptors (Lipinski definition) is 4. The van der Waals surface area contributed by atoms with Gasteiger partial charge in [0.15, 0.2) is 5.56 Å². The van der Waals surface area contributed by atoms with Crippen LogP contribution in [0, 0.1) is 10.1 Å². The maximum Gasteiger partial charge on any atom is 0.425 e. The first-order valence-electron chi connectivity index (χ1n) is 4.27. The van der Waals surface area contributed by atoms with Gasteiger partial charge >= 0.3 is 6.18 Å². The number of nitro groups is 1. The third-order valence-corrected chi connectivity index (χ3v) is 1.90. The Labute approximate surface area is 96.3 Å². The minimum atomic E-state index is -5.31. The summed E-state index contributed by atoms with van der Waals surface area (Å²) in [5.41, 5.74) is -5.32. The lowest BCUT2D eigenvalue weighted by atomic mass is 10.1. The molecule has 0 fully saturated rings. The monoisotopic (exact) mass is 272 g/mol. The van der Waals surface area contributed by atoms with Crippen LogP contribution in [0.3, 0.4) is 0 Å². The molecule has 0 N–H and O–H groups in total. The van der Waals surface area contributed by atoms with E-state index in [0.29, 0.717) is 6.07 Å². The molecular formula is C8H5F5N2O3. The van der Waals surface area contributed by atoms with Gasteiger partial charge < -0.3 is 4.74 Å². The van der Waals surface area contributed by atoms with Crippen LogP contribution in [0.1, 0.15) is 17.7 Å². The van der Waals surface area contributed by atoms with E-state index >= 15 is 0 Å². The van der Waals surface area contributed by atoms with Crippen LogP contribution >= 0.6 is 0 Å². The van der Waals surface area contributed by atoms with Gasteiger partial charge in [0.1, 0.15) is 5.69 Å². The molecule has 0 aromatic carbocycles. The molecular weight excluding hydrogens is 267 g/mol. The van der Waals surface area contributed by atoms with Crippen molar-refractivity contribution < 1.29 is 31.6 Å². The molecule has 0 aliphatic carbocycles. The van der Waals surface area contributed by atoms with Crippen molar-refractivity contribution in [1.29, 1.82) is 0 Å². The van der Waals surface area contributed by atoms with Gasteiger partial charge in [-0.25, -0.2) is 13.8 Å². The summed E-state index contributed by atoms with van der Waals surface area (Å²) in [5, 5.41) is 10.5. The Balaban J connectivity index is 3.67. The van der Waals surface area contributed by atoms with Gasteiger partial charge in [-0.3, -0.25) is 10.1 Å². The maximum atomic E-state index is 12.5. The van der Waals surface area contributed by atoms with E-state index in [1.807, 2.05) is 0 Å². The second-order valence-electron chi connectivity index (χ2n) is 3.00. The van der Waals surface area contributed by atoms with Crippen molar-refractivity contribution in [1.82, 2.24) is 4.98 Å². The van der Waals surface area contributed by atoms with E-state index in [9.17, 15) is 32.1 Å². The third kappa shape index (κ3) is 2.63. The van der Waals surface area contributed by atoms with Crippen LogP contribution in [0.25, 0.3) is 0 Å². The molecule has 18 heavy (non-hydrogen) atoms. The van der Waals surface area contributed by atoms with Crippen LogP contribution in [-0.4, -0.2) is 17.0 Å². The first-order valence-corrected chi connectivity index (χ1v) is 4.27. The van der Waals surface area contributed by atoms with Crippen molar-refractivity contribution in [3.05, 3.63) is 27.4 Å². The molecule has 0 unspecified atom stereocenters. The molecule has 100 valence electrons. The van der Waals surface area contributed by atoms with Gasteiger partial charge in [-0.1, -0.05) is 0 Å². The average Bonchev–Trinajstić information content (AvgIpc) is 2.25. The first kappa shape index (κ1) is 14.1. The Morgan fingerprint density at radius 3 is 2.33 bits per heavy atom. The molecule has 0 atom stereocenters. The summed E-state index contributed by atoms with van der Waals surface area (Å²) < 4.78 is 66.9. The third-order valence-electron chi connectivity index (χ3n) is 1.90. The zero-order valence-corrected chi connectivity index (χ0v) is 8.66. The number of ether oxygens (including phenoxy) is 1. The summed E-state index contributed by atoms with van der Waals surface area (Å²) in [6, 6.07) is 0.342. The van der Waals surface area contributed by atoms with Crippen molar-refractivity contribution in [3.8, 4) is 5.88 Å². The summed E-state index contributed by atoms with van der Waals surface area (Å²) in [6.07, 6.45) is -8.93. The molecule has 0 aliphatic rings. The lowest BCUT2D eigenvalue weighted by Gasteiger charge is -2.12. The molecule has 0 spiro atoms. The summed E-state index contributed by atoms with van der Waals surface area (Å²) in [5.74, 6) is -0.690. The lowest BCUT2D eigenvalue weighted by molar-refractivity contribution is -0.388. The molecule has 0 amide bonds. The van der Waals surface area contributed by atoms with Crippen molar-refractivity contribution in [2.45, 2.75) is 12.6 Å². The maximum absolute atomic E-state index is 12.5. The summed E-state index contributed by atoms with van der Waals surface area (Å²) in [7, 11) is 0.939. The van der Waals surface area contributed by atoms with E-state index in [4.69, 9.17) is 0 Å². The number of methoxy groups -OCH3 is 1. The summed E-state index contributed by atoms with van der Waals surface area (Å²) in [4.78, 5) is 12.0. The van der Waals surface area contributed by atoms with Crippen LogP contribution in [-0.2, 0) is 6.18 Å². The summed E-state index contributed by atoms with van der Waals surface area (Å²) >= 11 is 0. The van der Waals surface area contributed by atoms with Crippen LogP contribution in [0.4, 0.5) is 27.6 Å². The first-order chi connectivity index (χ1) is 8.18. The fourth-order valence-corrected chi connectivity index (χ4v) is 1.22. The number of nitrogens with zero attached hydrogens (tertiary/aromatic N) is 2. The van der Waals surface area contributed by atoms with Gasteiger partial charge in [0.2, 0.25) is 5.88 Å². The predicted octanol–water partition coefficient (Wildman–Crippen LogP) is 2.95. The Morgan fingerprint density at radius 2 is 2.00 bits per heavy atom. The van der Waals surface area contributed by atoms with E-state index in [1.165, 1.54) is 0 Å². The quantitative estimate of drug-likeness (QED) is 0.482. The molecule has 0 radical (unpaired) electrons. The highest BCUT2D eigenvalue weighted by molar-refractivity contribution is 5.48. The molecule has 1 aromatic heterocycles. The van der Waals surface area contributed by atoms with Gasteiger partial charge in [0, 0.05) is 0 Å². The number of pyridine rings is 1. The van der Waals surface area contributed by atoms with Crippen LogP contribution in [0.2, 0.25) is 0 Å². The highest BCUT2D eigenvalue weighted by Crippen LogP contribution is 2.42. The van der Waals surface area contributed by atoms with Gasteiger partial charge in [0.05, 0.1) is 18.1 Å². The molecule has 1 rings (SSSR count). The summed E-state index contributed by atoms with van der Waals surface area (Å²) in [6.45, 7) is 0. The standard InChI is InChI=1S/C8H5F5N2O3/c1-18-4-2-3(15(16)17)5(8(11,12)13)6(14-4)7(9)10/h2,7H,1H3. The number of hydrogen-bond donors (Lipinski definition) is 0. The van der Waals surface area contributed by atoms with Gasteiger partial charge in [-0.2, -0.15) is 13.2 Å². The van der Waals surface area contributed by atoms with Gasteiger partial charge in [-0.05, 0) is 0 Å². The smallest absolute Gasteiger partial charge is 0.425 e. The number of halogens is 5. The van der Waals surface area contributed by atoms with Crippen molar-refractivity contribution >= 4 is 5.69 Å². The normalized spacial score (nSPS) is 11.7. The molecule has 1 aromatic rings. The highest BCUT2D eigenvalue weighted by atomic mass is 19.4.